The summed E-state index contributed by atoms with van der Waals surface area (Å²) in [6, 6.07) is 5.63. The van der Waals surface area contributed by atoms with E-state index < -0.39 is 6.04 Å². The van der Waals surface area contributed by atoms with Gasteiger partial charge in [-0.25, -0.2) is 4.79 Å². The molecule has 1 rings (SSSR count). The quantitative estimate of drug-likeness (QED) is 0.585. The normalized spacial score (nSPS) is 13.7. The molecule has 1 unspecified atom stereocenters. The molecule has 0 aliphatic rings. The molecule has 3 nitrogen and oxygen atoms in total. The van der Waals surface area contributed by atoms with Crippen molar-refractivity contribution in [3.8, 4) is 5.75 Å². The van der Waals surface area contributed by atoms with Gasteiger partial charge in [-0.3, -0.25) is 0 Å². The van der Waals surface area contributed by atoms with Crippen molar-refractivity contribution in [3.63, 3.8) is 0 Å². The summed E-state index contributed by atoms with van der Waals surface area (Å²) in [5.74, 6) is 0.282. The van der Waals surface area contributed by atoms with Crippen LogP contribution in [0.25, 0.3) is 0 Å². The molecule has 1 atom stereocenters. The van der Waals surface area contributed by atoms with Crippen molar-refractivity contribution in [2.75, 3.05) is 0 Å². The fraction of sp³-hybridized carbons (Fsp3) is 0.650. The van der Waals surface area contributed by atoms with Gasteiger partial charge in [0, 0.05) is 5.56 Å². The summed E-state index contributed by atoms with van der Waals surface area (Å²) < 4.78 is 5.62. The molecule has 3 heteroatoms. The predicted octanol–water partition coefficient (Wildman–Crippen LogP) is 4.70. The first kappa shape index (κ1) is 19.7. The molecule has 2 N–H and O–H groups in total. The van der Waals surface area contributed by atoms with Crippen LogP contribution in [0.5, 0.6) is 5.75 Å². The van der Waals surface area contributed by atoms with Crippen LogP contribution in [0, 0.1) is 0 Å². The molecule has 1 aromatic rings. The van der Waals surface area contributed by atoms with E-state index >= 15 is 0 Å². The Kier molecular flexibility index (Phi) is 6.41. The van der Waals surface area contributed by atoms with Gasteiger partial charge in [0.2, 0.25) is 0 Å². The summed E-state index contributed by atoms with van der Waals surface area (Å²) in [7, 11) is 0. The number of esters is 1. The Labute approximate surface area is 141 Å². The molecule has 1 aromatic carbocycles. The van der Waals surface area contributed by atoms with E-state index in [2.05, 4.69) is 53.7 Å². The molecule has 0 heterocycles. The second-order valence-corrected chi connectivity index (χ2v) is 7.62. The van der Waals surface area contributed by atoms with E-state index in [1.165, 1.54) is 5.56 Å². The lowest BCUT2D eigenvalue weighted by atomic mass is 9.76. The van der Waals surface area contributed by atoms with E-state index in [-0.39, 0.29) is 16.8 Å². The number of hydrogen-bond donors (Lipinski definition) is 1. The van der Waals surface area contributed by atoms with E-state index in [4.69, 9.17) is 10.5 Å². The molecular weight excluding hydrogens is 286 g/mol. The number of ether oxygens (including phenoxy) is 1. The molecule has 130 valence electrons. The fourth-order valence-corrected chi connectivity index (χ4v) is 2.31. The minimum Gasteiger partial charge on any atom is -0.425 e. The third-order valence-corrected chi connectivity index (χ3v) is 5.21. The molecule has 0 saturated heterocycles. The number of carbonyl (C=O) groups excluding carboxylic acids is 1. The standard InChI is InChI=1S/C20H33NO2/c1-8-16(21)18(22)23-17-12-11-14(19(4,5)9-2)13-15(17)20(6,7)10-3/h11-13,16H,8-10,21H2,1-7H3. The van der Waals surface area contributed by atoms with Gasteiger partial charge in [0.1, 0.15) is 11.8 Å². The van der Waals surface area contributed by atoms with Crippen LogP contribution in [-0.4, -0.2) is 12.0 Å². The summed E-state index contributed by atoms with van der Waals surface area (Å²) in [6.45, 7) is 15.1. The second-order valence-electron chi connectivity index (χ2n) is 7.62. The Balaban J connectivity index is 3.33. The summed E-state index contributed by atoms with van der Waals surface area (Å²) >= 11 is 0. The highest BCUT2D eigenvalue weighted by Gasteiger charge is 2.28. The lowest BCUT2D eigenvalue weighted by molar-refractivity contribution is -0.136. The summed E-state index contributed by atoms with van der Waals surface area (Å²) in [4.78, 5) is 12.1. The average molecular weight is 319 g/mol. The van der Waals surface area contributed by atoms with Crippen molar-refractivity contribution in [2.45, 2.75) is 84.6 Å². The zero-order valence-corrected chi connectivity index (χ0v) is 15.8. The summed E-state index contributed by atoms with van der Waals surface area (Å²) in [5, 5.41) is 0. The molecule has 0 bridgehead atoms. The first-order chi connectivity index (χ1) is 10.6. The Morgan fingerprint density at radius 1 is 1.09 bits per heavy atom. The number of benzene rings is 1. The van der Waals surface area contributed by atoms with E-state index in [9.17, 15) is 4.79 Å². The highest BCUT2D eigenvalue weighted by atomic mass is 16.5. The van der Waals surface area contributed by atoms with Crippen LogP contribution in [0.3, 0.4) is 0 Å². The molecule has 0 saturated carbocycles. The first-order valence-electron chi connectivity index (χ1n) is 8.71. The monoisotopic (exact) mass is 319 g/mol. The highest BCUT2D eigenvalue weighted by Crippen LogP contribution is 2.38. The van der Waals surface area contributed by atoms with Crippen LogP contribution in [0.15, 0.2) is 18.2 Å². The summed E-state index contributed by atoms with van der Waals surface area (Å²) in [5.41, 5.74) is 8.19. The van der Waals surface area contributed by atoms with Crippen molar-refractivity contribution in [2.24, 2.45) is 5.73 Å². The molecule has 0 aliphatic carbocycles. The molecular formula is C20H33NO2. The number of rotatable bonds is 7. The summed E-state index contributed by atoms with van der Waals surface area (Å²) in [6.07, 6.45) is 2.60. The van der Waals surface area contributed by atoms with Crippen molar-refractivity contribution in [3.05, 3.63) is 29.3 Å². The molecule has 0 aromatic heterocycles. The minimum absolute atomic E-state index is 0.0637. The highest BCUT2D eigenvalue weighted by molar-refractivity contribution is 5.78. The van der Waals surface area contributed by atoms with Crippen molar-refractivity contribution in [1.29, 1.82) is 0 Å². The number of nitrogens with two attached hydrogens (primary N) is 1. The zero-order chi connectivity index (χ0) is 17.8. The van der Waals surface area contributed by atoms with Gasteiger partial charge in [0.15, 0.2) is 0 Å². The molecule has 0 fully saturated rings. The molecule has 0 aliphatic heterocycles. The maximum Gasteiger partial charge on any atom is 0.328 e. The van der Waals surface area contributed by atoms with E-state index in [1.54, 1.807) is 0 Å². The van der Waals surface area contributed by atoms with Gasteiger partial charge in [-0.1, -0.05) is 60.6 Å². The third-order valence-electron chi connectivity index (χ3n) is 5.21. The van der Waals surface area contributed by atoms with Gasteiger partial charge in [0.25, 0.3) is 0 Å². The molecule has 0 radical (unpaired) electrons. The van der Waals surface area contributed by atoms with Crippen molar-refractivity contribution >= 4 is 5.97 Å². The molecule has 23 heavy (non-hydrogen) atoms. The lowest BCUT2D eigenvalue weighted by Gasteiger charge is -2.30. The fourth-order valence-electron chi connectivity index (χ4n) is 2.31. The second kappa shape index (κ2) is 7.48. The van der Waals surface area contributed by atoms with Crippen molar-refractivity contribution in [1.82, 2.24) is 0 Å². The van der Waals surface area contributed by atoms with E-state index in [1.807, 2.05) is 13.0 Å². The van der Waals surface area contributed by atoms with Gasteiger partial charge in [-0.15, -0.1) is 0 Å². The Bertz CT molecular complexity index is 547. The lowest BCUT2D eigenvalue weighted by Crippen LogP contribution is -2.34. The SMILES string of the molecule is CCC(N)C(=O)Oc1ccc(C(C)(C)CC)cc1C(C)(C)CC. The molecule has 0 amide bonds. The third kappa shape index (κ3) is 4.57. The van der Waals surface area contributed by atoms with E-state index in [0.717, 1.165) is 18.4 Å². The van der Waals surface area contributed by atoms with E-state index in [0.29, 0.717) is 12.2 Å². The van der Waals surface area contributed by atoms with Gasteiger partial charge >= 0.3 is 5.97 Å². The predicted molar refractivity (Wildman–Crippen MR) is 97.0 cm³/mol. The smallest absolute Gasteiger partial charge is 0.328 e. The minimum atomic E-state index is -0.570. The van der Waals surface area contributed by atoms with Crippen LogP contribution in [0.2, 0.25) is 0 Å². The molecule has 0 spiro atoms. The first-order valence-corrected chi connectivity index (χ1v) is 8.71. The maximum atomic E-state index is 12.1. The van der Waals surface area contributed by atoms with Crippen LogP contribution in [-0.2, 0) is 15.6 Å². The van der Waals surface area contributed by atoms with Crippen LogP contribution >= 0.6 is 0 Å². The van der Waals surface area contributed by atoms with Crippen LogP contribution < -0.4 is 10.5 Å². The number of hydrogen-bond acceptors (Lipinski definition) is 3. The van der Waals surface area contributed by atoms with Crippen molar-refractivity contribution < 1.29 is 9.53 Å². The average Bonchev–Trinajstić information content (AvgIpc) is 2.53. The van der Waals surface area contributed by atoms with Gasteiger partial charge in [0.05, 0.1) is 0 Å². The topological polar surface area (TPSA) is 52.3 Å². The Morgan fingerprint density at radius 2 is 1.65 bits per heavy atom. The van der Waals surface area contributed by atoms with Crippen LogP contribution in [0.4, 0.5) is 0 Å². The van der Waals surface area contributed by atoms with Gasteiger partial charge in [-0.2, -0.15) is 0 Å². The Morgan fingerprint density at radius 3 is 2.13 bits per heavy atom. The maximum absolute atomic E-state index is 12.1. The Hall–Kier alpha value is -1.35. The van der Waals surface area contributed by atoms with Gasteiger partial charge < -0.3 is 10.5 Å². The van der Waals surface area contributed by atoms with Crippen LogP contribution in [0.1, 0.15) is 78.9 Å². The number of carbonyl (C=O) groups is 1. The largest absolute Gasteiger partial charge is 0.425 e. The zero-order valence-electron chi connectivity index (χ0n) is 15.8. The van der Waals surface area contributed by atoms with Gasteiger partial charge in [-0.05, 0) is 41.7 Å².